The molecule has 0 aliphatic carbocycles. The summed E-state index contributed by atoms with van der Waals surface area (Å²) < 4.78 is 2.92. The Kier molecular flexibility index (Phi) is 8.19. The van der Waals surface area contributed by atoms with E-state index in [1.807, 2.05) is 16.9 Å². The molecule has 1 amide bonds. The van der Waals surface area contributed by atoms with E-state index >= 15 is 0 Å². The minimum absolute atomic E-state index is 0. The van der Waals surface area contributed by atoms with Crippen molar-refractivity contribution in [2.24, 2.45) is 0 Å². The number of halogens is 1. The van der Waals surface area contributed by atoms with Crippen LogP contribution in [0, 0.1) is 6.92 Å². The summed E-state index contributed by atoms with van der Waals surface area (Å²) in [5, 5.41) is 5.22. The Bertz CT molecular complexity index is 948. The van der Waals surface area contributed by atoms with E-state index in [9.17, 15) is 4.79 Å². The van der Waals surface area contributed by atoms with Crippen LogP contribution in [-0.4, -0.2) is 51.8 Å². The zero-order valence-electron chi connectivity index (χ0n) is 17.8. The van der Waals surface area contributed by atoms with Crippen LogP contribution in [0.1, 0.15) is 49.8 Å². The zero-order valence-corrected chi connectivity index (χ0v) is 19.4. The molecule has 0 saturated heterocycles. The monoisotopic (exact) mass is 435 g/mol. The van der Waals surface area contributed by atoms with Crippen LogP contribution in [0.15, 0.2) is 30.5 Å². The summed E-state index contributed by atoms with van der Waals surface area (Å²) in [6.07, 6.45) is 1.86. The van der Waals surface area contributed by atoms with Crippen LogP contribution < -0.4 is 4.90 Å². The minimum atomic E-state index is -0.0942. The van der Waals surface area contributed by atoms with E-state index in [2.05, 4.69) is 56.8 Å². The standard InChI is InChI=1S/C21H29N5OS.ClH/c1-6-24(7-2)13-14-25(20(27)17-11-12-26(23-17)15(3)4)21-22-19-16(5)9-8-10-18(19)28-21;/h8-12,15H,6-7,13-14H2,1-5H3;1H. The van der Waals surface area contributed by atoms with E-state index in [1.54, 1.807) is 22.3 Å². The summed E-state index contributed by atoms with van der Waals surface area (Å²) in [6, 6.07) is 8.16. The molecule has 0 N–H and O–H groups in total. The molecule has 6 nitrogen and oxygen atoms in total. The second-order valence-corrected chi connectivity index (χ2v) is 8.19. The quantitative estimate of drug-likeness (QED) is 0.510. The molecule has 0 radical (unpaired) electrons. The fraction of sp³-hybridized carbons (Fsp3) is 0.476. The van der Waals surface area contributed by atoms with Gasteiger partial charge in [0.05, 0.1) is 10.2 Å². The van der Waals surface area contributed by atoms with Gasteiger partial charge >= 0.3 is 0 Å². The van der Waals surface area contributed by atoms with E-state index in [1.165, 1.54) is 0 Å². The maximum Gasteiger partial charge on any atom is 0.280 e. The number of likely N-dealkylation sites (N-methyl/N-ethyl adjacent to an activating group) is 1. The number of anilines is 1. The zero-order chi connectivity index (χ0) is 20.3. The Labute approximate surface area is 182 Å². The van der Waals surface area contributed by atoms with Crippen molar-refractivity contribution in [3.05, 3.63) is 41.7 Å². The van der Waals surface area contributed by atoms with E-state index in [0.29, 0.717) is 12.2 Å². The van der Waals surface area contributed by atoms with E-state index in [0.717, 1.165) is 40.5 Å². The molecule has 0 saturated carbocycles. The molecular formula is C21H30ClN5OS. The van der Waals surface area contributed by atoms with Crippen molar-refractivity contribution in [1.82, 2.24) is 19.7 Å². The highest BCUT2D eigenvalue weighted by Crippen LogP contribution is 2.31. The van der Waals surface area contributed by atoms with Gasteiger partial charge in [-0.15, -0.1) is 12.4 Å². The normalized spacial score (nSPS) is 11.3. The van der Waals surface area contributed by atoms with Gasteiger partial charge in [-0.3, -0.25) is 14.4 Å². The van der Waals surface area contributed by atoms with Crippen molar-refractivity contribution < 1.29 is 4.79 Å². The number of thiazole rings is 1. The maximum atomic E-state index is 13.3. The molecule has 0 aliphatic rings. The molecule has 3 aromatic rings. The number of benzene rings is 1. The Hall–Kier alpha value is -1.96. The van der Waals surface area contributed by atoms with Crippen LogP contribution in [0.5, 0.6) is 0 Å². The molecule has 2 aromatic heterocycles. The first-order valence-corrected chi connectivity index (χ1v) is 10.7. The predicted molar refractivity (Wildman–Crippen MR) is 124 cm³/mol. The summed E-state index contributed by atoms with van der Waals surface area (Å²) in [6.45, 7) is 13.7. The molecule has 1 aromatic carbocycles. The van der Waals surface area contributed by atoms with Gasteiger partial charge in [-0.05, 0) is 51.6 Å². The van der Waals surface area contributed by atoms with Gasteiger partial charge < -0.3 is 4.90 Å². The topological polar surface area (TPSA) is 54.3 Å². The molecule has 0 bridgehead atoms. The van der Waals surface area contributed by atoms with Gasteiger partial charge in [-0.1, -0.05) is 37.3 Å². The molecule has 0 atom stereocenters. The Balaban J connectivity index is 0.00000300. The Morgan fingerprint density at radius 3 is 2.48 bits per heavy atom. The molecule has 158 valence electrons. The molecular weight excluding hydrogens is 406 g/mol. The molecule has 0 unspecified atom stereocenters. The average Bonchev–Trinajstić information content (AvgIpc) is 3.33. The largest absolute Gasteiger partial charge is 0.302 e. The van der Waals surface area contributed by atoms with Crippen molar-refractivity contribution in [1.29, 1.82) is 0 Å². The number of fused-ring (bicyclic) bond motifs is 1. The lowest BCUT2D eigenvalue weighted by molar-refractivity contribution is 0.0978. The van der Waals surface area contributed by atoms with Gasteiger partial charge in [0.2, 0.25) is 0 Å². The van der Waals surface area contributed by atoms with Crippen molar-refractivity contribution in [3.8, 4) is 0 Å². The highest BCUT2D eigenvalue weighted by atomic mass is 35.5. The van der Waals surface area contributed by atoms with Crippen LogP contribution in [0.2, 0.25) is 0 Å². The third-order valence-electron chi connectivity index (χ3n) is 4.98. The lowest BCUT2D eigenvalue weighted by Gasteiger charge is -2.24. The highest BCUT2D eigenvalue weighted by molar-refractivity contribution is 7.22. The molecule has 0 fully saturated rings. The van der Waals surface area contributed by atoms with Crippen LogP contribution in [0.4, 0.5) is 5.13 Å². The molecule has 29 heavy (non-hydrogen) atoms. The van der Waals surface area contributed by atoms with E-state index in [-0.39, 0.29) is 24.4 Å². The van der Waals surface area contributed by atoms with Gasteiger partial charge in [-0.25, -0.2) is 4.98 Å². The lowest BCUT2D eigenvalue weighted by Crippen LogP contribution is -2.39. The van der Waals surface area contributed by atoms with Gasteiger partial charge in [0.1, 0.15) is 0 Å². The van der Waals surface area contributed by atoms with Gasteiger partial charge in [0.25, 0.3) is 5.91 Å². The summed E-state index contributed by atoms with van der Waals surface area (Å²) in [5.74, 6) is -0.0942. The van der Waals surface area contributed by atoms with Crippen LogP contribution >= 0.6 is 23.7 Å². The fourth-order valence-corrected chi connectivity index (χ4v) is 4.20. The number of rotatable bonds is 8. The number of aryl methyl sites for hydroxylation is 1. The highest BCUT2D eigenvalue weighted by Gasteiger charge is 2.24. The van der Waals surface area contributed by atoms with Gasteiger partial charge in [0, 0.05) is 25.3 Å². The number of carbonyl (C=O) groups is 1. The Morgan fingerprint density at radius 2 is 1.90 bits per heavy atom. The first-order valence-electron chi connectivity index (χ1n) is 9.90. The lowest BCUT2D eigenvalue weighted by atomic mass is 10.2. The van der Waals surface area contributed by atoms with Crippen molar-refractivity contribution in [2.45, 2.75) is 40.7 Å². The Morgan fingerprint density at radius 1 is 1.17 bits per heavy atom. The van der Waals surface area contributed by atoms with Crippen molar-refractivity contribution >= 4 is 45.0 Å². The van der Waals surface area contributed by atoms with Crippen LogP contribution in [-0.2, 0) is 0 Å². The van der Waals surface area contributed by atoms with E-state index < -0.39 is 0 Å². The van der Waals surface area contributed by atoms with Crippen molar-refractivity contribution in [2.75, 3.05) is 31.1 Å². The van der Waals surface area contributed by atoms with E-state index in [4.69, 9.17) is 4.98 Å². The van der Waals surface area contributed by atoms with Crippen LogP contribution in [0.3, 0.4) is 0 Å². The fourth-order valence-electron chi connectivity index (χ4n) is 3.13. The predicted octanol–water partition coefficient (Wildman–Crippen LogP) is 4.79. The third-order valence-corrected chi connectivity index (χ3v) is 6.02. The average molecular weight is 436 g/mol. The molecule has 0 aliphatic heterocycles. The summed E-state index contributed by atoms with van der Waals surface area (Å²) in [4.78, 5) is 22.2. The third kappa shape index (κ3) is 5.15. The first kappa shape index (κ1) is 23.3. The molecule has 0 spiro atoms. The second kappa shape index (κ2) is 10.2. The van der Waals surface area contributed by atoms with Gasteiger partial charge in [0.15, 0.2) is 10.8 Å². The number of aromatic nitrogens is 3. The number of carbonyl (C=O) groups excluding carboxylic acids is 1. The number of nitrogens with zero attached hydrogens (tertiary/aromatic N) is 5. The summed E-state index contributed by atoms with van der Waals surface area (Å²) in [5.41, 5.74) is 2.56. The van der Waals surface area contributed by atoms with Crippen molar-refractivity contribution in [3.63, 3.8) is 0 Å². The first-order chi connectivity index (χ1) is 13.4. The van der Waals surface area contributed by atoms with Gasteiger partial charge in [-0.2, -0.15) is 5.10 Å². The smallest absolute Gasteiger partial charge is 0.280 e. The molecule has 8 heteroatoms. The number of amides is 1. The summed E-state index contributed by atoms with van der Waals surface area (Å²) in [7, 11) is 0. The summed E-state index contributed by atoms with van der Waals surface area (Å²) >= 11 is 1.56. The van der Waals surface area contributed by atoms with Crippen LogP contribution in [0.25, 0.3) is 10.2 Å². The molecule has 2 heterocycles. The minimum Gasteiger partial charge on any atom is -0.302 e. The molecule has 3 rings (SSSR count). The second-order valence-electron chi connectivity index (χ2n) is 7.18. The maximum absolute atomic E-state index is 13.3. The SMILES string of the molecule is CCN(CC)CCN(C(=O)c1ccn(C(C)C)n1)c1nc2c(C)cccc2s1.Cl. The number of hydrogen-bond acceptors (Lipinski definition) is 5. The number of para-hydroxylation sites is 1. The number of hydrogen-bond donors (Lipinski definition) is 0.